The number of aromatic nitrogens is 2. The Morgan fingerprint density at radius 1 is 1.06 bits per heavy atom. The van der Waals surface area contributed by atoms with Gasteiger partial charge < -0.3 is 29.8 Å². The van der Waals surface area contributed by atoms with Crippen LogP contribution in [0, 0.1) is 20.4 Å². The minimum atomic E-state index is -1.08. The number of hydrogen-bond donors (Lipinski definition) is 3. The van der Waals surface area contributed by atoms with Crippen molar-refractivity contribution in [3.05, 3.63) is 112 Å². The van der Waals surface area contributed by atoms with Crippen molar-refractivity contribution in [1.29, 1.82) is 0 Å². The van der Waals surface area contributed by atoms with Crippen LogP contribution in [0.2, 0.25) is 0 Å². The Balaban J connectivity index is 1.80. The van der Waals surface area contributed by atoms with Crippen LogP contribution in [-0.2, 0) is 22.5 Å². The molecule has 11 heteroatoms. The van der Waals surface area contributed by atoms with Crippen molar-refractivity contribution in [3.8, 4) is 17.0 Å². The standard InChI is InChI=1S/C38H43N5O6/c1-23-16-28(39-7)17-24(2)29(23)19-31(42-37(47)49-38(4,5)6)36(46)43(21-26-14-15-34(48-8)30(18-26)33(45)22-44)25(3)35-40-20-32(41-35)27-12-10-9-11-13-27/h9-18,20,25,31,44H,19,21-22H2,1-6,8H3,(H,40,41)(H,42,47)/t25-,31-/m0/s1. The fourth-order valence-corrected chi connectivity index (χ4v) is 5.63. The van der Waals surface area contributed by atoms with E-state index in [1.807, 2.05) is 51.1 Å². The Labute approximate surface area is 287 Å². The summed E-state index contributed by atoms with van der Waals surface area (Å²) in [4.78, 5) is 53.7. The Bertz CT molecular complexity index is 1830. The number of aliphatic hydroxyl groups excluding tert-OH is 1. The third-order valence-electron chi connectivity index (χ3n) is 8.09. The molecule has 0 saturated carbocycles. The van der Waals surface area contributed by atoms with Crippen molar-refractivity contribution in [2.45, 2.75) is 72.2 Å². The minimum Gasteiger partial charge on any atom is -0.496 e. The number of benzene rings is 3. The summed E-state index contributed by atoms with van der Waals surface area (Å²) in [6.45, 7) is 17.6. The smallest absolute Gasteiger partial charge is 0.408 e. The number of methoxy groups -OCH3 is 1. The molecule has 0 aliphatic carbocycles. The van der Waals surface area contributed by atoms with Gasteiger partial charge in [0, 0.05) is 13.0 Å². The van der Waals surface area contributed by atoms with Gasteiger partial charge in [-0.05, 0) is 70.4 Å². The first-order valence-electron chi connectivity index (χ1n) is 15.9. The number of nitrogens with one attached hydrogen (secondary N) is 2. The molecular formula is C38H43N5O6. The van der Waals surface area contributed by atoms with Gasteiger partial charge in [0.05, 0.1) is 37.2 Å². The normalized spacial score (nSPS) is 12.4. The Morgan fingerprint density at radius 3 is 2.33 bits per heavy atom. The SMILES string of the molecule is [C-]#[N+]c1cc(C)c(C[C@H](NC(=O)OC(C)(C)C)C(=O)N(Cc2ccc(OC)c(C(=O)CO)c2)[C@@H](C)c2ncc(-c3ccccc3)[nH]2)c(C)c1. The number of Topliss-reactive ketones (excluding diaryl/α,β-unsaturated/α-hetero) is 1. The third-order valence-corrected chi connectivity index (χ3v) is 8.09. The summed E-state index contributed by atoms with van der Waals surface area (Å²) in [5.41, 5.74) is 4.59. The maximum atomic E-state index is 14.8. The number of ketones is 1. The number of aliphatic hydroxyl groups is 1. The van der Waals surface area contributed by atoms with Crippen molar-refractivity contribution in [1.82, 2.24) is 20.2 Å². The van der Waals surface area contributed by atoms with E-state index < -0.39 is 42.1 Å². The highest BCUT2D eigenvalue weighted by Crippen LogP contribution is 2.29. The van der Waals surface area contributed by atoms with E-state index in [0.29, 0.717) is 22.8 Å². The molecule has 2 atom stereocenters. The van der Waals surface area contributed by atoms with Crippen LogP contribution in [0.25, 0.3) is 16.1 Å². The maximum absolute atomic E-state index is 14.8. The number of ether oxygens (including phenoxy) is 2. The molecule has 3 N–H and O–H groups in total. The van der Waals surface area contributed by atoms with E-state index in [1.54, 1.807) is 62.2 Å². The van der Waals surface area contributed by atoms with Crippen LogP contribution in [-0.4, -0.2) is 63.1 Å². The van der Waals surface area contributed by atoms with Gasteiger partial charge in [-0.3, -0.25) is 9.59 Å². The van der Waals surface area contributed by atoms with Crippen molar-refractivity contribution in [2.24, 2.45) is 0 Å². The van der Waals surface area contributed by atoms with Gasteiger partial charge in [0.2, 0.25) is 5.91 Å². The molecule has 0 aliphatic heterocycles. The molecular weight excluding hydrogens is 622 g/mol. The zero-order chi connectivity index (χ0) is 35.9. The van der Waals surface area contributed by atoms with E-state index in [2.05, 4.69) is 20.1 Å². The van der Waals surface area contributed by atoms with Gasteiger partial charge in [0.25, 0.3) is 0 Å². The molecule has 0 spiro atoms. The van der Waals surface area contributed by atoms with Crippen molar-refractivity contribution < 1.29 is 29.0 Å². The first-order chi connectivity index (χ1) is 23.2. The fraction of sp³-hybridized carbons (Fsp3) is 0.342. The molecule has 0 fully saturated rings. The van der Waals surface area contributed by atoms with Gasteiger partial charge in [0.15, 0.2) is 11.5 Å². The average Bonchev–Trinajstić information content (AvgIpc) is 3.57. The molecule has 4 rings (SSSR count). The lowest BCUT2D eigenvalue weighted by Gasteiger charge is -2.33. The molecule has 1 heterocycles. The molecule has 0 radical (unpaired) electrons. The molecule has 4 aromatic rings. The zero-order valence-electron chi connectivity index (χ0n) is 29.0. The van der Waals surface area contributed by atoms with Crippen LogP contribution in [0.1, 0.15) is 72.2 Å². The molecule has 2 amide bonds. The van der Waals surface area contributed by atoms with Gasteiger partial charge in [-0.15, -0.1) is 0 Å². The van der Waals surface area contributed by atoms with Gasteiger partial charge in [-0.1, -0.05) is 59.7 Å². The lowest BCUT2D eigenvalue weighted by molar-refractivity contribution is -0.136. The summed E-state index contributed by atoms with van der Waals surface area (Å²) in [6, 6.07) is 16.4. The monoisotopic (exact) mass is 665 g/mol. The highest BCUT2D eigenvalue weighted by molar-refractivity contribution is 5.99. The molecule has 0 aliphatic rings. The predicted octanol–water partition coefficient (Wildman–Crippen LogP) is 6.65. The van der Waals surface area contributed by atoms with Gasteiger partial charge in [-0.2, -0.15) is 0 Å². The number of imidazole rings is 1. The first kappa shape index (κ1) is 36.4. The Hall–Kier alpha value is -5.47. The first-order valence-corrected chi connectivity index (χ1v) is 15.9. The molecule has 256 valence electrons. The fourth-order valence-electron chi connectivity index (χ4n) is 5.63. The summed E-state index contributed by atoms with van der Waals surface area (Å²) in [6.07, 6.45) is 1.08. The van der Waals surface area contributed by atoms with Crippen LogP contribution in [0.15, 0.2) is 66.9 Å². The Kier molecular flexibility index (Phi) is 11.6. The Morgan fingerprint density at radius 2 is 1.73 bits per heavy atom. The van der Waals surface area contributed by atoms with Crippen LogP contribution in [0.4, 0.5) is 10.5 Å². The second-order valence-corrected chi connectivity index (χ2v) is 12.9. The second-order valence-electron chi connectivity index (χ2n) is 12.9. The number of hydrogen-bond acceptors (Lipinski definition) is 7. The quantitative estimate of drug-likeness (QED) is 0.114. The number of carbonyl (C=O) groups excluding carboxylic acids is 3. The number of nitrogens with zero attached hydrogens (tertiary/aromatic N) is 3. The second kappa shape index (κ2) is 15.6. The van der Waals surface area contributed by atoms with Crippen LogP contribution < -0.4 is 10.1 Å². The van der Waals surface area contributed by atoms with E-state index in [0.717, 1.165) is 27.9 Å². The molecule has 49 heavy (non-hydrogen) atoms. The van der Waals surface area contributed by atoms with Crippen molar-refractivity contribution in [2.75, 3.05) is 13.7 Å². The molecule has 11 nitrogen and oxygen atoms in total. The van der Waals surface area contributed by atoms with E-state index >= 15 is 0 Å². The molecule has 0 saturated heterocycles. The van der Waals surface area contributed by atoms with Crippen molar-refractivity contribution in [3.63, 3.8) is 0 Å². The van der Waals surface area contributed by atoms with Gasteiger partial charge in [-0.25, -0.2) is 14.6 Å². The lowest BCUT2D eigenvalue weighted by Crippen LogP contribution is -2.51. The topological polar surface area (TPSA) is 138 Å². The maximum Gasteiger partial charge on any atom is 0.408 e. The summed E-state index contributed by atoms with van der Waals surface area (Å²) in [5.74, 6) is -0.140. The van der Waals surface area contributed by atoms with E-state index in [-0.39, 0.29) is 18.5 Å². The third kappa shape index (κ3) is 9.12. The number of H-pyrrole nitrogens is 1. The number of aryl methyl sites for hydroxylation is 2. The summed E-state index contributed by atoms with van der Waals surface area (Å²) in [7, 11) is 1.43. The molecule has 0 bridgehead atoms. The van der Waals surface area contributed by atoms with Crippen LogP contribution in [0.5, 0.6) is 5.75 Å². The highest BCUT2D eigenvalue weighted by atomic mass is 16.6. The van der Waals surface area contributed by atoms with Crippen molar-refractivity contribution >= 4 is 23.5 Å². The largest absolute Gasteiger partial charge is 0.496 e. The predicted molar refractivity (Wildman–Crippen MR) is 186 cm³/mol. The lowest BCUT2D eigenvalue weighted by atomic mass is 9.94. The number of alkyl carbamates (subject to hydrolysis) is 1. The summed E-state index contributed by atoms with van der Waals surface area (Å²) < 4.78 is 10.9. The zero-order valence-corrected chi connectivity index (χ0v) is 29.0. The number of aromatic amines is 1. The summed E-state index contributed by atoms with van der Waals surface area (Å²) in [5, 5.41) is 12.4. The van der Waals surface area contributed by atoms with Crippen LogP contribution in [0.3, 0.4) is 0 Å². The molecule has 1 aromatic heterocycles. The van der Waals surface area contributed by atoms with Gasteiger partial charge in [0.1, 0.15) is 29.8 Å². The van der Waals surface area contributed by atoms with E-state index in [9.17, 15) is 19.5 Å². The highest BCUT2D eigenvalue weighted by Gasteiger charge is 2.33. The number of rotatable bonds is 12. The average molecular weight is 666 g/mol. The van der Waals surface area contributed by atoms with Crippen LogP contribution >= 0.6 is 0 Å². The van der Waals surface area contributed by atoms with E-state index in [1.165, 1.54) is 7.11 Å². The summed E-state index contributed by atoms with van der Waals surface area (Å²) >= 11 is 0. The molecule has 0 unspecified atom stereocenters. The van der Waals surface area contributed by atoms with Gasteiger partial charge >= 0.3 is 6.09 Å². The number of amides is 2. The van der Waals surface area contributed by atoms with E-state index in [4.69, 9.17) is 16.0 Å². The minimum absolute atomic E-state index is 0.0260. The molecule has 3 aromatic carbocycles. The number of carbonyl (C=O) groups is 3.